The van der Waals surface area contributed by atoms with Gasteiger partial charge in [0.15, 0.2) is 0 Å². The van der Waals surface area contributed by atoms with Crippen LogP contribution in [0.1, 0.15) is 11.3 Å². The van der Waals surface area contributed by atoms with Crippen molar-refractivity contribution in [3.8, 4) is 0 Å². The molecule has 1 aliphatic heterocycles. The van der Waals surface area contributed by atoms with Crippen molar-refractivity contribution in [1.82, 2.24) is 15.2 Å². The molecule has 0 bridgehead atoms. The van der Waals surface area contributed by atoms with E-state index in [0.29, 0.717) is 19.5 Å². The smallest absolute Gasteiger partial charge is 0.322 e. The van der Waals surface area contributed by atoms with E-state index in [9.17, 15) is 9.59 Å². The zero-order chi connectivity index (χ0) is 17.6. The number of nitrogens with one attached hydrogen (secondary N) is 1. The average molecular weight is 338 g/mol. The molecule has 1 aromatic heterocycles. The molecule has 3 rings (SSSR count). The molecular formula is C19H22N4O2. The number of aromatic nitrogens is 1. The first-order valence-corrected chi connectivity index (χ1v) is 8.42. The van der Waals surface area contributed by atoms with E-state index in [4.69, 9.17) is 0 Å². The number of likely N-dealkylation sites (N-methyl/N-ethyl adjacent to an activating group) is 1. The lowest BCUT2D eigenvalue weighted by Crippen LogP contribution is -2.44. The summed E-state index contributed by atoms with van der Waals surface area (Å²) in [7, 11) is 1.74. The quantitative estimate of drug-likeness (QED) is 0.905. The number of fused-ring (bicyclic) bond motifs is 1. The molecule has 6 heteroatoms. The van der Waals surface area contributed by atoms with Crippen LogP contribution in [-0.2, 0) is 17.6 Å². The van der Waals surface area contributed by atoms with E-state index in [1.165, 1.54) is 0 Å². The Hall–Kier alpha value is -2.89. The molecule has 0 saturated carbocycles. The number of rotatable bonds is 5. The van der Waals surface area contributed by atoms with Gasteiger partial charge in [-0.05, 0) is 30.2 Å². The minimum absolute atomic E-state index is 0.00375. The molecule has 3 amide bonds. The Kier molecular flexibility index (Phi) is 5.28. The van der Waals surface area contributed by atoms with Crippen molar-refractivity contribution < 1.29 is 9.59 Å². The van der Waals surface area contributed by atoms with Crippen LogP contribution in [0.25, 0.3) is 0 Å². The standard InChI is InChI=1S/C19H22N4O2/c1-22(12-10-16-7-4-5-11-20-16)18(24)14-21-19(25)23-13-9-15-6-2-3-8-17(15)23/h2-8,11H,9-10,12-14H2,1H3,(H,21,25). The minimum Gasteiger partial charge on any atom is -0.344 e. The molecule has 1 aromatic carbocycles. The molecule has 1 aliphatic rings. The lowest BCUT2D eigenvalue weighted by molar-refractivity contribution is -0.128. The number of hydrogen-bond acceptors (Lipinski definition) is 3. The molecule has 0 saturated heterocycles. The number of para-hydroxylation sites is 1. The molecule has 0 spiro atoms. The zero-order valence-corrected chi connectivity index (χ0v) is 14.3. The number of benzene rings is 1. The lowest BCUT2D eigenvalue weighted by Gasteiger charge is -2.20. The predicted octanol–water partition coefficient (Wildman–Crippen LogP) is 1.85. The molecule has 2 heterocycles. The fourth-order valence-electron chi connectivity index (χ4n) is 2.88. The molecule has 0 unspecified atom stereocenters. The summed E-state index contributed by atoms with van der Waals surface area (Å²) in [6, 6.07) is 13.4. The molecule has 0 aliphatic carbocycles. The molecule has 0 radical (unpaired) electrons. The fourth-order valence-corrected chi connectivity index (χ4v) is 2.88. The van der Waals surface area contributed by atoms with Crippen molar-refractivity contribution in [2.45, 2.75) is 12.8 Å². The van der Waals surface area contributed by atoms with Crippen LogP contribution in [0, 0.1) is 0 Å². The van der Waals surface area contributed by atoms with Crippen LogP contribution in [0.5, 0.6) is 0 Å². The summed E-state index contributed by atoms with van der Waals surface area (Å²) in [5.74, 6) is -0.114. The van der Waals surface area contributed by atoms with Gasteiger partial charge in [0.1, 0.15) is 0 Å². The predicted molar refractivity (Wildman–Crippen MR) is 96.5 cm³/mol. The number of carbonyl (C=O) groups excluding carboxylic acids is 2. The topological polar surface area (TPSA) is 65.5 Å². The molecule has 0 fully saturated rings. The van der Waals surface area contributed by atoms with Gasteiger partial charge >= 0.3 is 6.03 Å². The summed E-state index contributed by atoms with van der Waals surface area (Å²) in [6.07, 6.45) is 3.28. The third-order valence-electron chi connectivity index (χ3n) is 4.38. The van der Waals surface area contributed by atoms with Crippen LogP contribution in [0.3, 0.4) is 0 Å². The van der Waals surface area contributed by atoms with Gasteiger partial charge in [-0.25, -0.2) is 4.79 Å². The highest BCUT2D eigenvalue weighted by Crippen LogP contribution is 2.27. The third-order valence-corrected chi connectivity index (χ3v) is 4.38. The van der Waals surface area contributed by atoms with Crippen LogP contribution >= 0.6 is 0 Å². The van der Waals surface area contributed by atoms with Gasteiger partial charge in [0, 0.05) is 44.1 Å². The number of pyridine rings is 1. The summed E-state index contributed by atoms with van der Waals surface area (Å²) in [5, 5.41) is 2.72. The Bertz CT molecular complexity index is 748. The SMILES string of the molecule is CN(CCc1ccccn1)C(=O)CNC(=O)N1CCc2ccccc21. The zero-order valence-electron chi connectivity index (χ0n) is 14.3. The van der Waals surface area contributed by atoms with Crippen molar-refractivity contribution in [3.63, 3.8) is 0 Å². The number of hydrogen-bond donors (Lipinski definition) is 1. The van der Waals surface area contributed by atoms with Crippen LogP contribution in [0.4, 0.5) is 10.5 Å². The van der Waals surface area contributed by atoms with E-state index in [2.05, 4.69) is 10.3 Å². The van der Waals surface area contributed by atoms with E-state index < -0.39 is 0 Å². The fraction of sp³-hybridized carbons (Fsp3) is 0.316. The molecule has 2 aromatic rings. The first kappa shape index (κ1) is 17.0. The van der Waals surface area contributed by atoms with Crippen LogP contribution in [-0.4, -0.2) is 48.5 Å². The molecule has 1 N–H and O–H groups in total. The summed E-state index contributed by atoms with van der Waals surface area (Å²) >= 11 is 0. The van der Waals surface area contributed by atoms with E-state index in [0.717, 1.165) is 23.4 Å². The highest BCUT2D eigenvalue weighted by Gasteiger charge is 2.24. The summed E-state index contributed by atoms with van der Waals surface area (Å²) in [6.45, 7) is 1.21. The number of anilines is 1. The Labute approximate surface area is 147 Å². The number of urea groups is 1. The van der Waals surface area contributed by atoms with E-state index >= 15 is 0 Å². The molecule has 25 heavy (non-hydrogen) atoms. The summed E-state index contributed by atoms with van der Waals surface area (Å²) in [4.78, 5) is 32.1. The maximum atomic E-state index is 12.3. The number of amides is 3. The maximum Gasteiger partial charge on any atom is 0.322 e. The minimum atomic E-state index is -0.226. The van der Waals surface area contributed by atoms with Crippen LogP contribution < -0.4 is 10.2 Å². The Morgan fingerprint density at radius 2 is 2.00 bits per heavy atom. The summed E-state index contributed by atoms with van der Waals surface area (Å²) < 4.78 is 0. The van der Waals surface area contributed by atoms with Gasteiger partial charge in [0.05, 0.1) is 6.54 Å². The lowest BCUT2D eigenvalue weighted by atomic mass is 10.2. The van der Waals surface area contributed by atoms with Gasteiger partial charge in [-0.15, -0.1) is 0 Å². The second-order valence-corrected chi connectivity index (χ2v) is 6.08. The van der Waals surface area contributed by atoms with Crippen molar-refractivity contribution in [2.24, 2.45) is 0 Å². The highest BCUT2D eigenvalue weighted by atomic mass is 16.2. The Balaban J connectivity index is 1.46. The Morgan fingerprint density at radius 3 is 2.80 bits per heavy atom. The summed E-state index contributed by atoms with van der Waals surface area (Å²) in [5.41, 5.74) is 3.03. The van der Waals surface area contributed by atoms with Gasteiger partial charge in [0.25, 0.3) is 0 Å². The average Bonchev–Trinajstić information content (AvgIpc) is 3.09. The van der Waals surface area contributed by atoms with Gasteiger partial charge in [-0.2, -0.15) is 0 Å². The third kappa shape index (κ3) is 4.15. The number of nitrogens with zero attached hydrogens (tertiary/aromatic N) is 3. The van der Waals surface area contributed by atoms with E-state index in [1.54, 1.807) is 23.0 Å². The van der Waals surface area contributed by atoms with Gasteiger partial charge < -0.3 is 10.2 Å². The van der Waals surface area contributed by atoms with Crippen molar-refractivity contribution in [3.05, 3.63) is 59.9 Å². The second-order valence-electron chi connectivity index (χ2n) is 6.08. The molecule has 0 atom stereocenters. The molecule has 6 nitrogen and oxygen atoms in total. The normalized spacial score (nSPS) is 12.6. The first-order valence-electron chi connectivity index (χ1n) is 8.42. The molecule has 130 valence electrons. The highest BCUT2D eigenvalue weighted by molar-refractivity contribution is 5.96. The van der Waals surface area contributed by atoms with Crippen molar-refractivity contribution in [2.75, 3.05) is 31.6 Å². The Morgan fingerprint density at radius 1 is 1.20 bits per heavy atom. The number of carbonyl (C=O) groups is 2. The first-order chi connectivity index (χ1) is 12.1. The van der Waals surface area contributed by atoms with Gasteiger partial charge in [0.2, 0.25) is 5.91 Å². The monoisotopic (exact) mass is 338 g/mol. The van der Waals surface area contributed by atoms with Crippen LogP contribution in [0.2, 0.25) is 0 Å². The van der Waals surface area contributed by atoms with Crippen molar-refractivity contribution >= 4 is 17.6 Å². The van der Waals surface area contributed by atoms with E-state index in [1.807, 2.05) is 42.5 Å². The van der Waals surface area contributed by atoms with Gasteiger partial charge in [-0.1, -0.05) is 24.3 Å². The largest absolute Gasteiger partial charge is 0.344 e. The van der Waals surface area contributed by atoms with Crippen molar-refractivity contribution in [1.29, 1.82) is 0 Å². The van der Waals surface area contributed by atoms with Crippen LogP contribution in [0.15, 0.2) is 48.7 Å². The maximum absolute atomic E-state index is 12.3. The van der Waals surface area contributed by atoms with E-state index in [-0.39, 0.29) is 18.5 Å². The molecular weight excluding hydrogens is 316 g/mol. The van der Waals surface area contributed by atoms with Gasteiger partial charge in [-0.3, -0.25) is 14.7 Å². The second kappa shape index (κ2) is 7.79.